The monoisotopic (exact) mass is 477 g/mol. The summed E-state index contributed by atoms with van der Waals surface area (Å²) in [6, 6.07) is 21.6. The summed E-state index contributed by atoms with van der Waals surface area (Å²) in [4.78, 5) is 26.9. The fourth-order valence-electron chi connectivity index (χ4n) is 3.47. The minimum Gasteiger partial charge on any atom is -0.497 e. The molecule has 0 fully saturated rings. The molecule has 8 nitrogen and oxygen atoms in total. The lowest BCUT2D eigenvalue weighted by Gasteiger charge is -2.25. The first-order chi connectivity index (χ1) is 16.9. The Hall–Kier alpha value is -4.04. The van der Waals surface area contributed by atoms with Gasteiger partial charge in [-0.1, -0.05) is 18.2 Å². The number of nitrogens with one attached hydrogen (secondary N) is 2. The number of ether oxygens (including phenoxy) is 3. The van der Waals surface area contributed by atoms with Gasteiger partial charge in [-0.3, -0.25) is 9.59 Å². The summed E-state index contributed by atoms with van der Waals surface area (Å²) in [7, 11) is 7.14. The molecule has 3 aromatic rings. The Morgan fingerprint density at radius 2 is 1.51 bits per heavy atom. The fraction of sp³-hybridized carbons (Fsp3) is 0.259. The summed E-state index contributed by atoms with van der Waals surface area (Å²) in [5, 5.41) is 5.74. The van der Waals surface area contributed by atoms with Crippen LogP contribution in [-0.4, -0.2) is 58.2 Å². The lowest BCUT2D eigenvalue weighted by molar-refractivity contribution is -0.118. The molecule has 0 aliphatic heterocycles. The molecule has 0 aromatic heterocycles. The molecule has 1 atom stereocenters. The molecule has 3 aromatic carbocycles. The van der Waals surface area contributed by atoms with Crippen molar-refractivity contribution < 1.29 is 23.8 Å². The predicted octanol–water partition coefficient (Wildman–Crippen LogP) is 3.75. The number of hydrogen-bond donors (Lipinski definition) is 2. The van der Waals surface area contributed by atoms with Crippen molar-refractivity contribution in [2.45, 2.75) is 6.04 Å². The number of likely N-dealkylation sites (N-methyl/N-ethyl adjacent to an activating group) is 1. The van der Waals surface area contributed by atoms with E-state index < -0.39 is 0 Å². The maximum Gasteiger partial charge on any atom is 0.262 e. The summed E-state index contributed by atoms with van der Waals surface area (Å²) in [5.41, 5.74) is 2.20. The molecule has 184 valence electrons. The molecule has 0 heterocycles. The molecule has 0 saturated heterocycles. The summed E-state index contributed by atoms with van der Waals surface area (Å²) < 4.78 is 15.9. The number of nitrogens with zero attached hydrogens (tertiary/aromatic N) is 1. The second-order valence-electron chi connectivity index (χ2n) is 8.06. The van der Waals surface area contributed by atoms with Crippen LogP contribution in [0, 0.1) is 0 Å². The van der Waals surface area contributed by atoms with Crippen LogP contribution in [0.15, 0.2) is 72.8 Å². The van der Waals surface area contributed by atoms with Crippen LogP contribution in [0.3, 0.4) is 0 Å². The Morgan fingerprint density at radius 1 is 0.857 bits per heavy atom. The Morgan fingerprint density at radius 3 is 2.14 bits per heavy atom. The molecule has 2 N–H and O–H groups in total. The molecular formula is C27H31N3O5. The van der Waals surface area contributed by atoms with Gasteiger partial charge < -0.3 is 29.7 Å². The van der Waals surface area contributed by atoms with Crippen molar-refractivity contribution in [2.75, 3.05) is 46.8 Å². The number of hydrogen-bond acceptors (Lipinski definition) is 6. The quantitative estimate of drug-likeness (QED) is 0.437. The van der Waals surface area contributed by atoms with Crippen molar-refractivity contribution in [2.24, 2.45) is 0 Å². The smallest absolute Gasteiger partial charge is 0.262 e. The highest BCUT2D eigenvalue weighted by molar-refractivity contribution is 5.94. The average Bonchev–Trinajstić information content (AvgIpc) is 2.88. The highest BCUT2D eigenvalue weighted by Crippen LogP contribution is 2.21. The molecule has 35 heavy (non-hydrogen) atoms. The zero-order valence-electron chi connectivity index (χ0n) is 20.4. The molecule has 3 rings (SSSR count). The van der Waals surface area contributed by atoms with Crippen molar-refractivity contribution in [1.29, 1.82) is 0 Å². The molecular weight excluding hydrogens is 446 g/mol. The number of carbonyl (C=O) groups excluding carboxylic acids is 2. The highest BCUT2D eigenvalue weighted by atomic mass is 16.5. The highest BCUT2D eigenvalue weighted by Gasteiger charge is 2.16. The fourth-order valence-corrected chi connectivity index (χ4v) is 3.47. The number of carbonyl (C=O) groups is 2. The predicted molar refractivity (Wildman–Crippen MR) is 135 cm³/mol. The van der Waals surface area contributed by atoms with E-state index in [1.54, 1.807) is 62.8 Å². The lowest BCUT2D eigenvalue weighted by atomic mass is 10.1. The zero-order chi connectivity index (χ0) is 25.2. The molecule has 8 heteroatoms. The summed E-state index contributed by atoms with van der Waals surface area (Å²) >= 11 is 0. The normalized spacial score (nSPS) is 11.5. The first-order valence-electron chi connectivity index (χ1n) is 11.1. The van der Waals surface area contributed by atoms with Gasteiger partial charge in [0.25, 0.3) is 11.8 Å². The third-order valence-electron chi connectivity index (χ3n) is 5.42. The second kappa shape index (κ2) is 12.4. The van der Waals surface area contributed by atoms with Gasteiger partial charge in [-0.05, 0) is 68.2 Å². The third kappa shape index (κ3) is 7.48. The Labute approximate surface area is 205 Å². The number of anilines is 1. The van der Waals surface area contributed by atoms with Crippen molar-refractivity contribution >= 4 is 17.5 Å². The van der Waals surface area contributed by atoms with E-state index >= 15 is 0 Å². The van der Waals surface area contributed by atoms with Crippen molar-refractivity contribution in [3.05, 3.63) is 83.9 Å². The zero-order valence-corrected chi connectivity index (χ0v) is 20.4. The van der Waals surface area contributed by atoms with Crippen LogP contribution >= 0.6 is 0 Å². The van der Waals surface area contributed by atoms with Crippen LogP contribution in [0.4, 0.5) is 5.69 Å². The van der Waals surface area contributed by atoms with Gasteiger partial charge in [0, 0.05) is 23.9 Å². The standard InChI is InChI=1S/C27H31N3O5/c1-30(2)25(19-8-12-22(33-3)13-9-19)17-28-27(32)20-10-14-23(15-11-20)35-18-26(31)29-21-6-5-7-24(16-21)34-4/h5-16,25H,17-18H2,1-4H3,(H,28,32)(H,29,31). The minimum absolute atomic E-state index is 0.00978. The SMILES string of the molecule is COc1ccc(C(CNC(=O)c2ccc(OCC(=O)Nc3cccc(OC)c3)cc2)N(C)C)cc1. The van der Waals surface area contributed by atoms with E-state index in [0.29, 0.717) is 29.3 Å². The van der Waals surface area contributed by atoms with Crippen molar-refractivity contribution in [3.63, 3.8) is 0 Å². The summed E-state index contributed by atoms with van der Waals surface area (Å²) in [6.45, 7) is 0.288. The molecule has 0 aliphatic carbocycles. The van der Waals surface area contributed by atoms with Crippen LogP contribution in [0.25, 0.3) is 0 Å². The third-order valence-corrected chi connectivity index (χ3v) is 5.42. The first-order valence-corrected chi connectivity index (χ1v) is 11.1. The van der Waals surface area contributed by atoms with Gasteiger partial charge in [0.15, 0.2) is 6.61 Å². The van der Waals surface area contributed by atoms with Gasteiger partial charge in [0.2, 0.25) is 0 Å². The topological polar surface area (TPSA) is 89.1 Å². The van der Waals surface area contributed by atoms with Crippen LogP contribution < -0.4 is 24.8 Å². The molecule has 0 spiro atoms. The molecule has 0 bridgehead atoms. The largest absolute Gasteiger partial charge is 0.497 e. The summed E-state index contributed by atoms with van der Waals surface area (Å²) in [5.74, 6) is 1.45. The molecule has 0 radical (unpaired) electrons. The van der Waals surface area contributed by atoms with Gasteiger partial charge in [-0.15, -0.1) is 0 Å². The van der Waals surface area contributed by atoms with E-state index in [1.165, 1.54) is 0 Å². The second-order valence-corrected chi connectivity index (χ2v) is 8.06. The molecule has 0 aliphatic rings. The lowest BCUT2D eigenvalue weighted by Crippen LogP contribution is -2.34. The van der Waals surface area contributed by atoms with Crippen molar-refractivity contribution in [1.82, 2.24) is 10.2 Å². The van der Waals surface area contributed by atoms with Gasteiger partial charge in [-0.2, -0.15) is 0 Å². The van der Waals surface area contributed by atoms with E-state index in [0.717, 1.165) is 11.3 Å². The maximum absolute atomic E-state index is 12.7. The van der Waals surface area contributed by atoms with Gasteiger partial charge in [-0.25, -0.2) is 0 Å². The van der Waals surface area contributed by atoms with E-state index in [-0.39, 0.29) is 24.5 Å². The Bertz CT molecular complexity index is 1110. The van der Waals surface area contributed by atoms with Crippen LogP contribution in [0.5, 0.6) is 17.2 Å². The first kappa shape index (κ1) is 25.6. The summed E-state index contributed by atoms with van der Waals surface area (Å²) in [6.07, 6.45) is 0. The van der Waals surface area contributed by atoms with Crippen LogP contribution in [0.1, 0.15) is 22.0 Å². The Balaban J connectivity index is 1.50. The molecule has 0 saturated carbocycles. The van der Waals surface area contributed by atoms with E-state index in [1.807, 2.05) is 38.4 Å². The van der Waals surface area contributed by atoms with E-state index in [4.69, 9.17) is 14.2 Å². The van der Waals surface area contributed by atoms with Gasteiger partial charge >= 0.3 is 0 Å². The van der Waals surface area contributed by atoms with Crippen molar-refractivity contribution in [3.8, 4) is 17.2 Å². The van der Waals surface area contributed by atoms with Crippen LogP contribution in [0.2, 0.25) is 0 Å². The Kier molecular flexibility index (Phi) is 9.09. The number of benzene rings is 3. The maximum atomic E-state index is 12.7. The van der Waals surface area contributed by atoms with E-state index in [2.05, 4.69) is 15.5 Å². The van der Waals surface area contributed by atoms with Gasteiger partial charge in [0.1, 0.15) is 17.2 Å². The van der Waals surface area contributed by atoms with E-state index in [9.17, 15) is 9.59 Å². The number of rotatable bonds is 11. The number of amides is 2. The number of methoxy groups -OCH3 is 2. The molecule has 2 amide bonds. The van der Waals surface area contributed by atoms with Crippen LogP contribution in [-0.2, 0) is 4.79 Å². The average molecular weight is 478 g/mol. The minimum atomic E-state index is -0.298. The van der Waals surface area contributed by atoms with Gasteiger partial charge in [0.05, 0.1) is 20.3 Å². The molecule has 1 unspecified atom stereocenters.